The second-order valence-electron chi connectivity index (χ2n) is 6.04. The van der Waals surface area contributed by atoms with E-state index < -0.39 is 11.5 Å². The molecule has 3 aromatic rings. The van der Waals surface area contributed by atoms with Gasteiger partial charge in [-0.25, -0.2) is 4.79 Å². The molecule has 2 heterocycles. The van der Waals surface area contributed by atoms with Gasteiger partial charge in [-0.3, -0.25) is 9.36 Å². The third kappa shape index (κ3) is 2.76. The average molecular weight is 338 g/mol. The van der Waals surface area contributed by atoms with Crippen LogP contribution in [0.3, 0.4) is 0 Å². The molecule has 1 N–H and O–H groups in total. The largest absolute Gasteiger partial charge is 0.477 e. The van der Waals surface area contributed by atoms with Gasteiger partial charge < -0.3 is 9.63 Å². The van der Waals surface area contributed by atoms with Crippen molar-refractivity contribution in [2.24, 2.45) is 0 Å². The number of hydrogen-bond acceptors (Lipinski definition) is 4. The van der Waals surface area contributed by atoms with E-state index in [1.165, 1.54) is 10.6 Å². The minimum Gasteiger partial charge on any atom is -0.477 e. The molecule has 0 aliphatic heterocycles. The molecule has 0 atom stereocenters. The van der Waals surface area contributed by atoms with Crippen molar-refractivity contribution in [2.75, 3.05) is 0 Å². The lowest BCUT2D eigenvalue weighted by Crippen LogP contribution is -2.27. The molecule has 6 heteroatoms. The Hall–Kier alpha value is -3.15. The minimum atomic E-state index is -1.26. The normalized spacial score (nSPS) is 10.9. The van der Waals surface area contributed by atoms with Crippen LogP contribution in [0, 0.1) is 27.7 Å². The van der Waals surface area contributed by atoms with Crippen LogP contribution in [0.5, 0.6) is 0 Å². The zero-order valence-electron chi connectivity index (χ0n) is 14.5. The van der Waals surface area contributed by atoms with Crippen LogP contribution < -0.4 is 5.56 Å². The third-order valence-electron chi connectivity index (χ3n) is 4.24. The van der Waals surface area contributed by atoms with Gasteiger partial charge in [-0.1, -0.05) is 17.3 Å². The summed E-state index contributed by atoms with van der Waals surface area (Å²) in [5, 5.41) is 13.4. The average Bonchev–Trinajstić information content (AvgIpc) is 2.87. The number of carbonyl (C=O) groups is 1. The summed E-state index contributed by atoms with van der Waals surface area (Å²) in [5.74, 6) is -0.689. The lowest BCUT2D eigenvalue weighted by molar-refractivity contribution is 0.0694. The Balaban J connectivity index is 2.43. The van der Waals surface area contributed by atoms with Crippen LogP contribution in [-0.4, -0.2) is 20.8 Å². The van der Waals surface area contributed by atoms with E-state index in [0.717, 1.165) is 5.56 Å². The Morgan fingerprint density at radius 1 is 1.16 bits per heavy atom. The number of aromatic nitrogens is 2. The fourth-order valence-corrected chi connectivity index (χ4v) is 3.06. The van der Waals surface area contributed by atoms with Gasteiger partial charge in [0.05, 0.1) is 5.69 Å². The molecule has 0 saturated heterocycles. The van der Waals surface area contributed by atoms with Crippen molar-refractivity contribution in [3.05, 3.63) is 69.0 Å². The second-order valence-corrected chi connectivity index (χ2v) is 6.04. The predicted molar refractivity (Wildman–Crippen MR) is 93.4 cm³/mol. The highest BCUT2D eigenvalue weighted by atomic mass is 16.5. The van der Waals surface area contributed by atoms with Crippen molar-refractivity contribution >= 4 is 5.97 Å². The van der Waals surface area contributed by atoms with Crippen LogP contribution in [0.25, 0.3) is 16.8 Å². The second kappa shape index (κ2) is 6.05. The van der Waals surface area contributed by atoms with Crippen LogP contribution in [0.15, 0.2) is 39.6 Å². The highest BCUT2D eigenvalue weighted by molar-refractivity contribution is 5.89. The lowest BCUT2D eigenvalue weighted by Gasteiger charge is -2.16. The van der Waals surface area contributed by atoms with Crippen molar-refractivity contribution in [3.8, 4) is 16.8 Å². The van der Waals surface area contributed by atoms with E-state index in [1.54, 1.807) is 26.8 Å². The van der Waals surface area contributed by atoms with Gasteiger partial charge in [0, 0.05) is 22.5 Å². The molecule has 1 aromatic carbocycles. The topological polar surface area (TPSA) is 85.3 Å². The summed E-state index contributed by atoms with van der Waals surface area (Å²) in [4.78, 5) is 24.4. The van der Waals surface area contributed by atoms with Gasteiger partial charge in [0.25, 0.3) is 5.56 Å². The van der Waals surface area contributed by atoms with Gasteiger partial charge in [-0.15, -0.1) is 0 Å². The van der Waals surface area contributed by atoms with Crippen LogP contribution in [0.1, 0.15) is 33.1 Å². The molecule has 0 bridgehead atoms. The number of hydrogen-bond donors (Lipinski definition) is 1. The number of carboxylic acid groups (broad SMARTS) is 1. The quantitative estimate of drug-likeness (QED) is 0.791. The van der Waals surface area contributed by atoms with Crippen LogP contribution >= 0.6 is 0 Å². The first-order valence-corrected chi connectivity index (χ1v) is 7.81. The highest BCUT2D eigenvalue weighted by Crippen LogP contribution is 2.30. The molecule has 0 fully saturated rings. The van der Waals surface area contributed by atoms with E-state index >= 15 is 0 Å². The Labute approximate surface area is 144 Å². The maximum absolute atomic E-state index is 12.8. The van der Waals surface area contributed by atoms with Crippen LogP contribution in [0.4, 0.5) is 0 Å². The zero-order chi connectivity index (χ0) is 18.3. The van der Waals surface area contributed by atoms with E-state index in [2.05, 4.69) is 5.16 Å². The Bertz CT molecular complexity index is 1020. The van der Waals surface area contributed by atoms with Crippen molar-refractivity contribution < 1.29 is 14.4 Å². The number of rotatable bonds is 3. The molecule has 6 nitrogen and oxygen atoms in total. The number of benzene rings is 1. The zero-order valence-corrected chi connectivity index (χ0v) is 14.5. The maximum atomic E-state index is 12.8. The molecule has 0 spiro atoms. The van der Waals surface area contributed by atoms with E-state index in [9.17, 15) is 14.7 Å². The van der Waals surface area contributed by atoms with Gasteiger partial charge >= 0.3 is 5.97 Å². The first kappa shape index (κ1) is 16.7. The summed E-state index contributed by atoms with van der Waals surface area (Å²) in [5.41, 5.74) is 3.35. The SMILES string of the molecule is Cc1cccc(-n2c(C)c(-c3c(C)noc3C)cc(C(=O)O)c2=O)c1. The molecule has 0 saturated carbocycles. The van der Waals surface area contributed by atoms with Crippen LogP contribution in [0.2, 0.25) is 0 Å². The monoisotopic (exact) mass is 338 g/mol. The molecule has 25 heavy (non-hydrogen) atoms. The Morgan fingerprint density at radius 2 is 1.88 bits per heavy atom. The molecule has 3 rings (SSSR count). The molecule has 0 aliphatic carbocycles. The fourth-order valence-electron chi connectivity index (χ4n) is 3.06. The van der Waals surface area contributed by atoms with Gasteiger partial charge in [0.15, 0.2) is 0 Å². The highest BCUT2D eigenvalue weighted by Gasteiger charge is 2.22. The molecule has 0 amide bonds. The predicted octanol–water partition coefficient (Wildman–Crippen LogP) is 3.42. The number of aryl methyl sites for hydroxylation is 3. The van der Waals surface area contributed by atoms with Crippen molar-refractivity contribution in [3.63, 3.8) is 0 Å². The molecule has 2 aromatic heterocycles. The fraction of sp³-hybridized carbons (Fsp3) is 0.211. The molecule has 128 valence electrons. The summed E-state index contributed by atoms with van der Waals surface area (Å²) >= 11 is 0. The number of nitrogens with zero attached hydrogens (tertiary/aromatic N) is 2. The Morgan fingerprint density at radius 3 is 2.44 bits per heavy atom. The van der Waals surface area contributed by atoms with Crippen molar-refractivity contribution in [1.29, 1.82) is 0 Å². The molecule has 0 radical (unpaired) electrons. The molecular weight excluding hydrogens is 320 g/mol. The summed E-state index contributed by atoms with van der Waals surface area (Å²) in [6.45, 7) is 7.25. The first-order valence-electron chi connectivity index (χ1n) is 7.81. The van der Waals surface area contributed by atoms with Crippen molar-refractivity contribution in [1.82, 2.24) is 9.72 Å². The van der Waals surface area contributed by atoms with E-state index in [0.29, 0.717) is 34.0 Å². The first-order chi connectivity index (χ1) is 11.8. The summed E-state index contributed by atoms with van der Waals surface area (Å²) in [6, 6.07) is 8.78. The van der Waals surface area contributed by atoms with Gasteiger partial charge in [0.1, 0.15) is 11.3 Å². The number of pyridine rings is 1. The van der Waals surface area contributed by atoms with E-state index in [4.69, 9.17) is 4.52 Å². The van der Waals surface area contributed by atoms with Crippen molar-refractivity contribution in [2.45, 2.75) is 27.7 Å². The van der Waals surface area contributed by atoms with Gasteiger partial charge in [-0.05, 0) is 51.5 Å². The van der Waals surface area contributed by atoms with Crippen LogP contribution in [-0.2, 0) is 0 Å². The number of carboxylic acids is 1. The summed E-state index contributed by atoms with van der Waals surface area (Å²) < 4.78 is 6.64. The molecule has 0 unspecified atom stereocenters. The molecule has 0 aliphatic rings. The maximum Gasteiger partial charge on any atom is 0.341 e. The Kier molecular flexibility index (Phi) is 4.04. The standard InChI is InChI=1S/C19H18N2O4/c1-10-6-5-7-14(8-10)21-12(3)15(9-16(18(21)22)19(23)24)17-11(2)20-25-13(17)4/h5-9H,1-4H3,(H,23,24). The van der Waals surface area contributed by atoms with Gasteiger partial charge in [-0.2, -0.15) is 0 Å². The lowest BCUT2D eigenvalue weighted by atomic mass is 10.00. The minimum absolute atomic E-state index is 0.290. The number of aromatic carboxylic acids is 1. The smallest absolute Gasteiger partial charge is 0.341 e. The summed E-state index contributed by atoms with van der Waals surface area (Å²) in [7, 11) is 0. The summed E-state index contributed by atoms with van der Waals surface area (Å²) in [6.07, 6.45) is 0. The third-order valence-corrected chi connectivity index (χ3v) is 4.24. The van der Waals surface area contributed by atoms with E-state index in [-0.39, 0.29) is 5.56 Å². The van der Waals surface area contributed by atoms with E-state index in [1.807, 2.05) is 25.1 Å². The molecular formula is C19H18N2O4. The van der Waals surface area contributed by atoms with Gasteiger partial charge in [0.2, 0.25) is 0 Å².